The van der Waals surface area contributed by atoms with Gasteiger partial charge in [0.1, 0.15) is 5.82 Å². The van der Waals surface area contributed by atoms with Crippen molar-refractivity contribution in [3.8, 4) is 17.2 Å². The van der Waals surface area contributed by atoms with Crippen molar-refractivity contribution in [1.29, 1.82) is 5.26 Å². The SMILES string of the molecule is Cc1ccccc1-c1ccc2c(C)cc(Nc3ccc(C#N)cc3)nc2c1. The summed E-state index contributed by atoms with van der Waals surface area (Å²) in [4.78, 5) is 4.81. The Morgan fingerprint density at radius 3 is 2.37 bits per heavy atom. The summed E-state index contributed by atoms with van der Waals surface area (Å²) < 4.78 is 0. The van der Waals surface area contributed by atoms with E-state index < -0.39 is 0 Å². The van der Waals surface area contributed by atoms with Crippen molar-refractivity contribution in [3.63, 3.8) is 0 Å². The molecule has 0 unspecified atom stereocenters. The molecule has 3 nitrogen and oxygen atoms in total. The number of aryl methyl sites for hydroxylation is 2. The summed E-state index contributed by atoms with van der Waals surface area (Å²) in [6.45, 7) is 4.22. The number of nitrogens with one attached hydrogen (secondary N) is 1. The standard InChI is InChI=1S/C24H19N3/c1-16-5-3-4-6-21(16)19-9-12-22-17(2)13-24(27-23(22)14-19)26-20-10-7-18(15-25)8-11-20/h3-14H,1-2H3,(H,26,27). The zero-order valence-corrected chi connectivity index (χ0v) is 15.3. The van der Waals surface area contributed by atoms with Gasteiger partial charge in [0.05, 0.1) is 17.1 Å². The van der Waals surface area contributed by atoms with Crippen LogP contribution in [0, 0.1) is 25.2 Å². The van der Waals surface area contributed by atoms with Gasteiger partial charge in [0.2, 0.25) is 0 Å². The van der Waals surface area contributed by atoms with Crippen LogP contribution in [-0.4, -0.2) is 4.98 Å². The van der Waals surface area contributed by atoms with E-state index in [1.165, 1.54) is 22.3 Å². The maximum atomic E-state index is 8.93. The number of hydrogen-bond donors (Lipinski definition) is 1. The number of rotatable bonds is 3. The summed E-state index contributed by atoms with van der Waals surface area (Å²) in [6.07, 6.45) is 0. The Hall–Kier alpha value is -3.64. The molecule has 1 heterocycles. The molecule has 4 rings (SSSR count). The molecule has 4 aromatic rings. The molecule has 0 saturated carbocycles. The number of fused-ring (bicyclic) bond motifs is 1. The molecule has 0 atom stereocenters. The molecule has 27 heavy (non-hydrogen) atoms. The van der Waals surface area contributed by atoms with E-state index in [9.17, 15) is 0 Å². The lowest BCUT2D eigenvalue weighted by molar-refractivity contribution is 1.34. The highest BCUT2D eigenvalue weighted by molar-refractivity contribution is 5.88. The minimum Gasteiger partial charge on any atom is -0.340 e. The molecule has 0 bridgehead atoms. The molecule has 0 radical (unpaired) electrons. The van der Waals surface area contributed by atoms with Crippen LogP contribution in [0.5, 0.6) is 0 Å². The minimum atomic E-state index is 0.645. The maximum absolute atomic E-state index is 8.93. The Bertz CT molecular complexity index is 1170. The Labute approximate surface area is 158 Å². The summed E-state index contributed by atoms with van der Waals surface area (Å²) >= 11 is 0. The minimum absolute atomic E-state index is 0.645. The van der Waals surface area contributed by atoms with E-state index >= 15 is 0 Å². The quantitative estimate of drug-likeness (QED) is 0.484. The van der Waals surface area contributed by atoms with Gasteiger partial charge in [-0.2, -0.15) is 5.26 Å². The van der Waals surface area contributed by atoms with E-state index in [-0.39, 0.29) is 0 Å². The predicted octanol–water partition coefficient (Wildman–Crippen LogP) is 6.13. The van der Waals surface area contributed by atoms with Crippen molar-refractivity contribution in [2.75, 3.05) is 5.32 Å². The van der Waals surface area contributed by atoms with Crippen LogP contribution >= 0.6 is 0 Å². The molecular formula is C24H19N3. The highest BCUT2D eigenvalue weighted by Gasteiger charge is 2.07. The first-order valence-electron chi connectivity index (χ1n) is 8.88. The van der Waals surface area contributed by atoms with Crippen LogP contribution in [-0.2, 0) is 0 Å². The van der Waals surface area contributed by atoms with Gasteiger partial charge in [-0.05, 0) is 72.5 Å². The third-order valence-corrected chi connectivity index (χ3v) is 4.76. The second-order valence-electron chi connectivity index (χ2n) is 6.69. The number of nitrogens with zero attached hydrogens (tertiary/aromatic N) is 2. The average Bonchev–Trinajstić information content (AvgIpc) is 2.68. The monoisotopic (exact) mass is 349 g/mol. The normalized spacial score (nSPS) is 10.6. The van der Waals surface area contributed by atoms with Crippen LogP contribution in [0.2, 0.25) is 0 Å². The number of pyridine rings is 1. The molecule has 0 amide bonds. The molecule has 0 aliphatic heterocycles. The molecule has 0 saturated heterocycles. The van der Waals surface area contributed by atoms with Gasteiger partial charge in [-0.1, -0.05) is 36.4 Å². The van der Waals surface area contributed by atoms with Gasteiger partial charge in [0.15, 0.2) is 0 Å². The number of benzene rings is 3. The largest absolute Gasteiger partial charge is 0.340 e. The van der Waals surface area contributed by atoms with Gasteiger partial charge >= 0.3 is 0 Å². The lowest BCUT2D eigenvalue weighted by Gasteiger charge is -2.11. The second-order valence-corrected chi connectivity index (χ2v) is 6.69. The van der Waals surface area contributed by atoms with E-state index in [0.29, 0.717) is 5.56 Å². The fraction of sp³-hybridized carbons (Fsp3) is 0.0833. The number of hydrogen-bond acceptors (Lipinski definition) is 3. The molecule has 0 spiro atoms. The lowest BCUT2D eigenvalue weighted by atomic mass is 9.98. The summed E-state index contributed by atoms with van der Waals surface area (Å²) in [5.41, 5.74) is 7.34. The number of anilines is 2. The molecular weight excluding hydrogens is 330 g/mol. The predicted molar refractivity (Wildman–Crippen MR) is 111 cm³/mol. The Morgan fingerprint density at radius 1 is 0.852 bits per heavy atom. The van der Waals surface area contributed by atoms with E-state index in [1.807, 2.05) is 18.2 Å². The first-order valence-corrected chi connectivity index (χ1v) is 8.88. The number of nitriles is 1. The van der Waals surface area contributed by atoms with Crippen LogP contribution in [0.25, 0.3) is 22.0 Å². The fourth-order valence-corrected chi connectivity index (χ4v) is 3.31. The van der Waals surface area contributed by atoms with Crippen molar-refractivity contribution in [3.05, 3.63) is 89.5 Å². The van der Waals surface area contributed by atoms with Crippen LogP contribution in [0.15, 0.2) is 72.8 Å². The van der Waals surface area contributed by atoms with Gasteiger partial charge in [-0.25, -0.2) is 4.98 Å². The molecule has 3 aromatic carbocycles. The van der Waals surface area contributed by atoms with E-state index in [1.54, 1.807) is 12.1 Å². The van der Waals surface area contributed by atoms with Gasteiger partial charge < -0.3 is 5.32 Å². The Kier molecular flexibility index (Phi) is 4.32. The lowest BCUT2D eigenvalue weighted by Crippen LogP contribution is -1.96. The summed E-state index contributed by atoms with van der Waals surface area (Å²) in [5, 5.41) is 13.4. The molecule has 0 aliphatic carbocycles. The summed E-state index contributed by atoms with van der Waals surface area (Å²) in [5.74, 6) is 0.798. The smallest absolute Gasteiger partial charge is 0.131 e. The van der Waals surface area contributed by atoms with Crippen molar-refractivity contribution in [2.24, 2.45) is 0 Å². The summed E-state index contributed by atoms with van der Waals surface area (Å²) in [6, 6.07) is 26.4. The zero-order chi connectivity index (χ0) is 18.8. The Balaban J connectivity index is 1.74. The molecule has 0 aliphatic rings. The van der Waals surface area contributed by atoms with Crippen molar-refractivity contribution >= 4 is 22.4 Å². The van der Waals surface area contributed by atoms with E-state index in [4.69, 9.17) is 10.2 Å². The maximum Gasteiger partial charge on any atom is 0.131 e. The topological polar surface area (TPSA) is 48.7 Å². The second kappa shape index (κ2) is 6.93. The zero-order valence-electron chi connectivity index (χ0n) is 15.3. The molecule has 0 fully saturated rings. The molecule has 3 heteroatoms. The van der Waals surface area contributed by atoms with Crippen molar-refractivity contribution < 1.29 is 0 Å². The highest BCUT2D eigenvalue weighted by atomic mass is 15.0. The van der Waals surface area contributed by atoms with Crippen LogP contribution < -0.4 is 5.32 Å². The van der Waals surface area contributed by atoms with Gasteiger partial charge in [-0.15, -0.1) is 0 Å². The molecule has 130 valence electrons. The van der Waals surface area contributed by atoms with Crippen molar-refractivity contribution in [1.82, 2.24) is 4.98 Å². The molecule has 1 N–H and O–H groups in total. The van der Waals surface area contributed by atoms with E-state index in [0.717, 1.165) is 22.4 Å². The highest BCUT2D eigenvalue weighted by Crippen LogP contribution is 2.29. The van der Waals surface area contributed by atoms with Gasteiger partial charge in [0.25, 0.3) is 0 Å². The average molecular weight is 349 g/mol. The summed E-state index contributed by atoms with van der Waals surface area (Å²) in [7, 11) is 0. The third-order valence-electron chi connectivity index (χ3n) is 4.76. The first kappa shape index (κ1) is 16.8. The fourth-order valence-electron chi connectivity index (χ4n) is 3.31. The van der Waals surface area contributed by atoms with E-state index in [2.05, 4.69) is 67.7 Å². The van der Waals surface area contributed by atoms with Crippen LogP contribution in [0.4, 0.5) is 11.5 Å². The van der Waals surface area contributed by atoms with Crippen molar-refractivity contribution in [2.45, 2.75) is 13.8 Å². The number of aromatic nitrogens is 1. The van der Waals surface area contributed by atoms with Gasteiger partial charge in [0, 0.05) is 11.1 Å². The first-order chi connectivity index (χ1) is 13.1. The van der Waals surface area contributed by atoms with Gasteiger partial charge in [-0.3, -0.25) is 0 Å². The van der Waals surface area contributed by atoms with Crippen LogP contribution in [0.1, 0.15) is 16.7 Å². The Morgan fingerprint density at radius 2 is 1.63 bits per heavy atom. The molecule has 1 aromatic heterocycles. The van der Waals surface area contributed by atoms with Crippen LogP contribution in [0.3, 0.4) is 0 Å². The third kappa shape index (κ3) is 3.38.